The van der Waals surface area contributed by atoms with E-state index in [0.717, 1.165) is 73.7 Å². The zero-order valence-corrected chi connectivity index (χ0v) is 18.4. The molecule has 8 heteroatoms. The molecule has 0 spiro atoms. The number of aromatic nitrogens is 2. The maximum atomic E-state index is 13.7. The van der Waals surface area contributed by atoms with Crippen LogP contribution in [0.4, 0.5) is 8.78 Å². The second kappa shape index (κ2) is 10.5. The summed E-state index contributed by atoms with van der Waals surface area (Å²) in [4.78, 5) is 23.7. The van der Waals surface area contributed by atoms with Crippen molar-refractivity contribution in [3.63, 3.8) is 0 Å². The van der Waals surface area contributed by atoms with Crippen molar-refractivity contribution in [1.29, 1.82) is 0 Å². The predicted molar refractivity (Wildman–Crippen MR) is 122 cm³/mol. The molecular formula is C25H26F2N4O2. The van der Waals surface area contributed by atoms with E-state index in [1.54, 1.807) is 19.4 Å². The summed E-state index contributed by atoms with van der Waals surface area (Å²) in [5.41, 5.74) is 2.91. The van der Waals surface area contributed by atoms with Crippen molar-refractivity contribution in [2.24, 2.45) is 5.92 Å². The number of piperidine rings is 1. The molecule has 0 aliphatic carbocycles. The Morgan fingerprint density at radius 3 is 2.82 bits per heavy atom. The van der Waals surface area contributed by atoms with Crippen molar-refractivity contribution in [3.05, 3.63) is 71.6 Å². The monoisotopic (exact) mass is 452 g/mol. The Morgan fingerprint density at radius 2 is 2.03 bits per heavy atom. The van der Waals surface area contributed by atoms with Crippen molar-refractivity contribution < 1.29 is 18.3 Å². The Balaban J connectivity index is 1.27. The number of carbonyl (C=O) groups is 1. The first-order valence-electron chi connectivity index (χ1n) is 11.0. The van der Waals surface area contributed by atoms with Gasteiger partial charge in [-0.2, -0.15) is 0 Å². The van der Waals surface area contributed by atoms with E-state index in [4.69, 9.17) is 4.74 Å². The van der Waals surface area contributed by atoms with Crippen LogP contribution in [-0.4, -0.2) is 47.5 Å². The average molecular weight is 453 g/mol. The number of hydrogen-bond donors (Lipinski definition) is 1. The van der Waals surface area contributed by atoms with Gasteiger partial charge in [0.15, 0.2) is 0 Å². The Hall–Kier alpha value is -3.39. The zero-order valence-electron chi connectivity index (χ0n) is 18.4. The number of pyridine rings is 2. The standard InChI is InChI=1S/C25H26F2N4O2/c1-33-23-5-4-22-24(30-23)17(6-11-28-22)8-13-31-14-9-18(10-15-31)25(32)29-12-7-19-16-20(26)2-3-21(19)27/h2-7,11-12,16,18H,8-10,13-15H2,1H3,(H,29,32)/b12-7+. The molecule has 1 aromatic carbocycles. The van der Waals surface area contributed by atoms with Crippen molar-refractivity contribution in [1.82, 2.24) is 20.2 Å². The highest BCUT2D eigenvalue weighted by Crippen LogP contribution is 2.21. The molecule has 3 heterocycles. The van der Waals surface area contributed by atoms with Gasteiger partial charge in [-0.15, -0.1) is 0 Å². The van der Waals surface area contributed by atoms with E-state index >= 15 is 0 Å². The third kappa shape index (κ3) is 5.70. The molecule has 172 valence electrons. The molecule has 1 aliphatic heterocycles. The molecule has 2 aromatic heterocycles. The molecule has 0 radical (unpaired) electrons. The lowest BCUT2D eigenvalue weighted by molar-refractivity contribution is -0.125. The van der Waals surface area contributed by atoms with Gasteiger partial charge in [0.2, 0.25) is 11.8 Å². The van der Waals surface area contributed by atoms with Gasteiger partial charge >= 0.3 is 0 Å². The maximum absolute atomic E-state index is 13.7. The molecule has 0 bridgehead atoms. The van der Waals surface area contributed by atoms with E-state index in [9.17, 15) is 13.6 Å². The number of ether oxygens (including phenoxy) is 1. The fraction of sp³-hybridized carbons (Fsp3) is 0.320. The first kappa shape index (κ1) is 22.8. The van der Waals surface area contributed by atoms with Crippen molar-refractivity contribution in [2.75, 3.05) is 26.7 Å². The van der Waals surface area contributed by atoms with Crippen LogP contribution in [0.2, 0.25) is 0 Å². The average Bonchev–Trinajstić information content (AvgIpc) is 2.84. The minimum absolute atomic E-state index is 0.0980. The SMILES string of the molecule is COc1ccc2nccc(CCN3CCC(C(=O)N/C=C/c4cc(F)ccc4F)CC3)c2n1. The van der Waals surface area contributed by atoms with E-state index in [1.165, 1.54) is 12.3 Å². The minimum atomic E-state index is -0.536. The van der Waals surface area contributed by atoms with Crippen LogP contribution >= 0.6 is 0 Å². The van der Waals surface area contributed by atoms with Crippen molar-refractivity contribution in [3.8, 4) is 5.88 Å². The van der Waals surface area contributed by atoms with Gasteiger partial charge in [-0.05, 0) is 74.3 Å². The number of hydrogen-bond acceptors (Lipinski definition) is 5. The predicted octanol–water partition coefficient (Wildman–Crippen LogP) is 3.96. The quantitative estimate of drug-likeness (QED) is 0.588. The third-order valence-electron chi connectivity index (χ3n) is 5.95. The lowest BCUT2D eigenvalue weighted by atomic mass is 9.95. The molecule has 1 saturated heterocycles. The Morgan fingerprint density at radius 1 is 1.21 bits per heavy atom. The Labute approximate surface area is 191 Å². The summed E-state index contributed by atoms with van der Waals surface area (Å²) in [6.07, 6.45) is 6.87. The number of nitrogens with zero attached hydrogens (tertiary/aromatic N) is 3. The normalized spacial score (nSPS) is 15.2. The van der Waals surface area contributed by atoms with Gasteiger partial charge in [0.1, 0.15) is 11.6 Å². The second-order valence-corrected chi connectivity index (χ2v) is 8.07. The summed E-state index contributed by atoms with van der Waals surface area (Å²) in [5.74, 6) is -0.692. The van der Waals surface area contributed by atoms with Gasteiger partial charge in [0.05, 0.1) is 18.1 Å². The summed E-state index contributed by atoms with van der Waals surface area (Å²) in [7, 11) is 1.60. The molecule has 0 saturated carbocycles. The van der Waals surface area contributed by atoms with Crippen LogP contribution in [0.25, 0.3) is 17.1 Å². The van der Waals surface area contributed by atoms with Crippen LogP contribution in [0.5, 0.6) is 5.88 Å². The lowest BCUT2D eigenvalue weighted by Gasteiger charge is -2.31. The third-order valence-corrected chi connectivity index (χ3v) is 5.95. The number of fused-ring (bicyclic) bond motifs is 1. The number of methoxy groups -OCH3 is 1. The second-order valence-electron chi connectivity index (χ2n) is 8.07. The minimum Gasteiger partial charge on any atom is -0.481 e. The molecule has 1 amide bonds. The maximum Gasteiger partial charge on any atom is 0.227 e. The molecule has 3 aromatic rings. The van der Waals surface area contributed by atoms with E-state index in [2.05, 4.69) is 20.2 Å². The van der Waals surface area contributed by atoms with Gasteiger partial charge < -0.3 is 15.0 Å². The summed E-state index contributed by atoms with van der Waals surface area (Å²) < 4.78 is 32.1. The molecule has 0 unspecified atom stereocenters. The molecule has 4 rings (SSSR count). The summed E-state index contributed by atoms with van der Waals surface area (Å²) in [6.45, 7) is 2.51. The Bertz CT molecular complexity index is 1160. The summed E-state index contributed by atoms with van der Waals surface area (Å²) >= 11 is 0. The van der Waals surface area contributed by atoms with Gasteiger partial charge in [-0.25, -0.2) is 13.8 Å². The van der Waals surface area contributed by atoms with E-state index in [-0.39, 0.29) is 17.4 Å². The first-order valence-corrected chi connectivity index (χ1v) is 11.0. The molecule has 1 aliphatic rings. The highest BCUT2D eigenvalue weighted by molar-refractivity contribution is 5.80. The molecule has 33 heavy (non-hydrogen) atoms. The van der Waals surface area contributed by atoms with Crippen LogP contribution < -0.4 is 10.1 Å². The fourth-order valence-electron chi connectivity index (χ4n) is 4.05. The first-order chi connectivity index (χ1) is 16.0. The number of amides is 1. The van der Waals surface area contributed by atoms with E-state index in [0.29, 0.717) is 5.88 Å². The number of likely N-dealkylation sites (tertiary alicyclic amines) is 1. The van der Waals surface area contributed by atoms with Crippen LogP contribution in [-0.2, 0) is 11.2 Å². The summed E-state index contributed by atoms with van der Waals surface area (Å²) in [6, 6.07) is 8.92. The van der Waals surface area contributed by atoms with Crippen LogP contribution in [0.1, 0.15) is 24.0 Å². The lowest BCUT2D eigenvalue weighted by Crippen LogP contribution is -2.40. The smallest absolute Gasteiger partial charge is 0.227 e. The van der Waals surface area contributed by atoms with Crippen molar-refractivity contribution in [2.45, 2.75) is 19.3 Å². The highest BCUT2D eigenvalue weighted by Gasteiger charge is 2.24. The molecule has 1 N–H and O–H groups in total. The Kier molecular flexibility index (Phi) is 7.24. The van der Waals surface area contributed by atoms with E-state index < -0.39 is 11.6 Å². The zero-order chi connectivity index (χ0) is 23.2. The number of rotatable bonds is 7. The largest absolute Gasteiger partial charge is 0.481 e. The molecule has 0 atom stereocenters. The number of benzene rings is 1. The van der Waals surface area contributed by atoms with E-state index in [1.807, 2.05) is 12.1 Å². The van der Waals surface area contributed by atoms with Crippen LogP contribution in [0.3, 0.4) is 0 Å². The van der Waals surface area contributed by atoms with Gasteiger partial charge in [-0.1, -0.05) is 0 Å². The van der Waals surface area contributed by atoms with Crippen LogP contribution in [0, 0.1) is 17.6 Å². The van der Waals surface area contributed by atoms with Crippen molar-refractivity contribution >= 4 is 23.0 Å². The fourth-order valence-corrected chi connectivity index (χ4v) is 4.05. The number of halogens is 2. The highest BCUT2D eigenvalue weighted by atomic mass is 19.1. The number of nitrogens with one attached hydrogen (secondary N) is 1. The topological polar surface area (TPSA) is 67.3 Å². The van der Waals surface area contributed by atoms with Gasteiger partial charge in [0.25, 0.3) is 0 Å². The molecule has 6 nitrogen and oxygen atoms in total. The molecular weight excluding hydrogens is 426 g/mol. The summed E-state index contributed by atoms with van der Waals surface area (Å²) in [5, 5.41) is 2.70. The number of carbonyl (C=O) groups excluding carboxylic acids is 1. The van der Waals surface area contributed by atoms with Crippen LogP contribution in [0.15, 0.2) is 48.8 Å². The van der Waals surface area contributed by atoms with Gasteiger partial charge in [-0.3, -0.25) is 9.78 Å². The van der Waals surface area contributed by atoms with Gasteiger partial charge in [0, 0.05) is 36.5 Å². The molecule has 1 fully saturated rings.